The van der Waals surface area contributed by atoms with Gasteiger partial charge in [0.25, 0.3) is 0 Å². The highest BCUT2D eigenvalue weighted by Gasteiger charge is 2.13. The van der Waals surface area contributed by atoms with Crippen LogP contribution < -0.4 is 0 Å². The third kappa shape index (κ3) is 12.0. The summed E-state index contributed by atoms with van der Waals surface area (Å²) in [5.74, 6) is 0.135. The van der Waals surface area contributed by atoms with E-state index in [0.29, 0.717) is 5.57 Å². The van der Waals surface area contributed by atoms with Crippen LogP contribution in [0.4, 0.5) is 0 Å². The highest BCUT2D eigenvalue weighted by atomic mass is 16.2. The van der Waals surface area contributed by atoms with Crippen molar-refractivity contribution in [2.45, 2.75) is 97.3 Å². The van der Waals surface area contributed by atoms with Crippen LogP contribution in [0.1, 0.15) is 96.5 Å². The van der Waals surface area contributed by atoms with Crippen molar-refractivity contribution in [3.63, 3.8) is 0 Å². The first kappa shape index (κ1) is 24.5. The molecule has 0 aliphatic heterocycles. The van der Waals surface area contributed by atoms with Crippen molar-refractivity contribution >= 4 is 5.91 Å². The van der Waals surface area contributed by atoms with Gasteiger partial charge in [-0.2, -0.15) is 0 Å². The molecule has 1 rings (SSSR count). The van der Waals surface area contributed by atoms with Crippen molar-refractivity contribution in [1.29, 1.82) is 0 Å². The van der Waals surface area contributed by atoms with Gasteiger partial charge in [-0.3, -0.25) is 4.79 Å². The molecule has 0 atom stereocenters. The molecule has 0 bridgehead atoms. The molecular formula is C26H43NO. The van der Waals surface area contributed by atoms with E-state index in [1.54, 1.807) is 0 Å². The molecule has 1 aromatic carbocycles. The molecule has 0 heterocycles. The summed E-state index contributed by atoms with van der Waals surface area (Å²) in [6.07, 6.45) is 16.6. The predicted molar refractivity (Wildman–Crippen MR) is 123 cm³/mol. The fourth-order valence-corrected chi connectivity index (χ4v) is 3.65. The highest BCUT2D eigenvalue weighted by molar-refractivity contribution is 5.92. The van der Waals surface area contributed by atoms with Crippen molar-refractivity contribution in [1.82, 2.24) is 4.90 Å². The summed E-state index contributed by atoms with van der Waals surface area (Å²) in [6, 6.07) is 10.6. The highest BCUT2D eigenvalue weighted by Crippen LogP contribution is 2.12. The Morgan fingerprint density at radius 3 is 1.82 bits per heavy atom. The lowest BCUT2D eigenvalue weighted by Gasteiger charge is -2.23. The van der Waals surface area contributed by atoms with E-state index < -0.39 is 0 Å². The van der Waals surface area contributed by atoms with Crippen LogP contribution in [-0.2, 0) is 11.2 Å². The van der Waals surface area contributed by atoms with Crippen molar-refractivity contribution in [2.24, 2.45) is 0 Å². The van der Waals surface area contributed by atoms with Gasteiger partial charge in [0, 0.05) is 18.7 Å². The van der Waals surface area contributed by atoms with Gasteiger partial charge in [0.05, 0.1) is 0 Å². The summed E-state index contributed by atoms with van der Waals surface area (Å²) in [4.78, 5) is 14.5. The average Bonchev–Trinajstić information content (AvgIpc) is 2.71. The number of nitrogens with zero attached hydrogens (tertiary/aromatic N) is 1. The largest absolute Gasteiger partial charge is 0.339 e. The molecule has 0 saturated carbocycles. The van der Waals surface area contributed by atoms with Crippen molar-refractivity contribution in [3.8, 4) is 0 Å². The summed E-state index contributed by atoms with van der Waals surface area (Å²) in [5.41, 5.74) is 2.05. The summed E-state index contributed by atoms with van der Waals surface area (Å²) in [7, 11) is 0. The fraction of sp³-hybridized carbons (Fsp3) is 0.654. The zero-order valence-electron chi connectivity index (χ0n) is 18.6. The van der Waals surface area contributed by atoms with Crippen molar-refractivity contribution in [3.05, 3.63) is 48.0 Å². The van der Waals surface area contributed by atoms with E-state index in [-0.39, 0.29) is 5.91 Å². The van der Waals surface area contributed by atoms with E-state index in [4.69, 9.17) is 0 Å². The smallest absolute Gasteiger partial charge is 0.248 e. The van der Waals surface area contributed by atoms with Crippen LogP contribution in [-0.4, -0.2) is 23.9 Å². The quantitative estimate of drug-likeness (QED) is 0.203. The Morgan fingerprint density at radius 2 is 1.29 bits per heavy atom. The number of benzene rings is 1. The standard InChI is InChI=1S/C26H43NO/c1-4-5-6-7-8-9-10-11-12-17-22-27(26(28)24(2)3)23-18-16-21-25-19-14-13-15-20-25/h13-15,19-20H,2,4-12,16-18,21-23H2,1,3H3. The molecule has 1 aromatic rings. The number of rotatable bonds is 17. The minimum absolute atomic E-state index is 0.135. The van der Waals surface area contributed by atoms with Gasteiger partial charge in [-0.15, -0.1) is 0 Å². The second-order valence-electron chi connectivity index (χ2n) is 8.20. The molecule has 0 saturated heterocycles. The Hall–Kier alpha value is -1.57. The molecule has 0 radical (unpaired) electrons. The third-order valence-corrected chi connectivity index (χ3v) is 5.42. The average molecular weight is 386 g/mol. The van der Waals surface area contributed by atoms with E-state index in [1.807, 2.05) is 11.8 Å². The van der Waals surface area contributed by atoms with Gasteiger partial charge < -0.3 is 4.90 Å². The first-order valence-electron chi connectivity index (χ1n) is 11.6. The molecule has 2 nitrogen and oxygen atoms in total. The number of carbonyl (C=O) groups excluding carboxylic acids is 1. The summed E-state index contributed by atoms with van der Waals surface area (Å²) < 4.78 is 0. The van der Waals surface area contributed by atoms with Crippen LogP contribution in [0.3, 0.4) is 0 Å². The summed E-state index contributed by atoms with van der Waals surface area (Å²) in [6.45, 7) is 9.70. The van der Waals surface area contributed by atoms with Gasteiger partial charge in [-0.05, 0) is 38.2 Å². The van der Waals surface area contributed by atoms with E-state index in [2.05, 4.69) is 43.8 Å². The second-order valence-corrected chi connectivity index (χ2v) is 8.20. The van der Waals surface area contributed by atoms with Crippen LogP contribution in [0.5, 0.6) is 0 Å². The maximum atomic E-state index is 12.4. The molecule has 2 heteroatoms. The molecule has 0 aliphatic rings. The van der Waals surface area contributed by atoms with E-state index >= 15 is 0 Å². The maximum absolute atomic E-state index is 12.4. The van der Waals surface area contributed by atoms with Crippen LogP contribution in [0, 0.1) is 0 Å². The minimum atomic E-state index is 0.135. The zero-order valence-corrected chi connectivity index (χ0v) is 18.6. The molecule has 0 aliphatic carbocycles. The molecule has 0 spiro atoms. The Bertz CT molecular complexity index is 522. The van der Waals surface area contributed by atoms with Gasteiger partial charge in [-0.25, -0.2) is 0 Å². The normalized spacial score (nSPS) is 10.8. The zero-order chi connectivity index (χ0) is 20.5. The SMILES string of the molecule is C=C(C)C(=O)N(CCCCCCCCCCCC)CCCCc1ccccc1. The minimum Gasteiger partial charge on any atom is -0.339 e. The predicted octanol–water partition coefficient (Wildman–Crippen LogP) is 7.33. The van der Waals surface area contributed by atoms with Crippen LogP contribution in [0.25, 0.3) is 0 Å². The monoisotopic (exact) mass is 385 g/mol. The number of amides is 1. The Balaban J connectivity index is 2.16. The Labute approximate surface area is 174 Å². The molecule has 28 heavy (non-hydrogen) atoms. The maximum Gasteiger partial charge on any atom is 0.248 e. The van der Waals surface area contributed by atoms with E-state index in [1.165, 1.54) is 63.4 Å². The molecule has 0 unspecified atom stereocenters. The second kappa shape index (κ2) is 16.4. The fourth-order valence-electron chi connectivity index (χ4n) is 3.65. The Kier molecular flexibility index (Phi) is 14.3. The van der Waals surface area contributed by atoms with Gasteiger partial charge in [0.1, 0.15) is 0 Å². The summed E-state index contributed by atoms with van der Waals surface area (Å²) >= 11 is 0. The number of carbonyl (C=O) groups is 1. The molecule has 158 valence electrons. The lowest BCUT2D eigenvalue weighted by atomic mass is 10.1. The molecular weight excluding hydrogens is 342 g/mol. The number of hydrogen-bond acceptors (Lipinski definition) is 1. The van der Waals surface area contributed by atoms with E-state index in [9.17, 15) is 4.79 Å². The van der Waals surface area contributed by atoms with E-state index in [0.717, 1.165) is 38.8 Å². The number of hydrogen-bond donors (Lipinski definition) is 0. The topological polar surface area (TPSA) is 20.3 Å². The van der Waals surface area contributed by atoms with Gasteiger partial charge in [0.2, 0.25) is 5.91 Å². The molecule has 0 N–H and O–H groups in total. The summed E-state index contributed by atoms with van der Waals surface area (Å²) in [5, 5.41) is 0. The van der Waals surface area contributed by atoms with Crippen LogP contribution in [0.2, 0.25) is 0 Å². The van der Waals surface area contributed by atoms with Crippen LogP contribution in [0.15, 0.2) is 42.5 Å². The van der Waals surface area contributed by atoms with Crippen LogP contribution >= 0.6 is 0 Å². The lowest BCUT2D eigenvalue weighted by molar-refractivity contribution is -0.127. The molecule has 1 amide bonds. The van der Waals surface area contributed by atoms with Crippen molar-refractivity contribution in [2.75, 3.05) is 13.1 Å². The molecule has 0 aromatic heterocycles. The third-order valence-electron chi connectivity index (χ3n) is 5.42. The van der Waals surface area contributed by atoms with Gasteiger partial charge in [0.15, 0.2) is 0 Å². The number of aryl methyl sites for hydroxylation is 1. The van der Waals surface area contributed by atoms with Gasteiger partial charge in [-0.1, -0.05) is 102 Å². The molecule has 0 fully saturated rings. The van der Waals surface area contributed by atoms with Crippen molar-refractivity contribution < 1.29 is 4.79 Å². The first-order chi connectivity index (χ1) is 13.6. The first-order valence-corrected chi connectivity index (χ1v) is 11.6. The number of unbranched alkanes of at least 4 members (excludes halogenated alkanes) is 10. The van der Waals surface area contributed by atoms with Gasteiger partial charge >= 0.3 is 0 Å². The lowest BCUT2D eigenvalue weighted by Crippen LogP contribution is -2.33. The Morgan fingerprint density at radius 1 is 0.786 bits per heavy atom.